The van der Waals surface area contributed by atoms with Crippen molar-refractivity contribution < 1.29 is 19.1 Å². The summed E-state index contributed by atoms with van der Waals surface area (Å²) >= 11 is 3.51. The van der Waals surface area contributed by atoms with Gasteiger partial charge in [-0.1, -0.05) is 15.9 Å². The number of rotatable bonds is 3. The van der Waals surface area contributed by atoms with Crippen LogP contribution in [-0.2, 0) is 14.9 Å². The van der Waals surface area contributed by atoms with E-state index in [2.05, 4.69) is 27.3 Å². The molecule has 1 aromatic rings. The van der Waals surface area contributed by atoms with Crippen LogP contribution >= 0.6 is 15.9 Å². The Labute approximate surface area is 197 Å². The van der Waals surface area contributed by atoms with Gasteiger partial charge in [0.25, 0.3) is 5.91 Å². The van der Waals surface area contributed by atoms with Gasteiger partial charge in [0, 0.05) is 34.6 Å². The molecular weight excluding hydrogens is 474 g/mol. The lowest BCUT2D eigenvalue weighted by Crippen LogP contribution is -2.72. The number of nitrogens with zero attached hydrogens (tertiary/aromatic N) is 2. The molecule has 5 rings (SSSR count). The summed E-state index contributed by atoms with van der Waals surface area (Å²) < 4.78 is 6.50. The van der Waals surface area contributed by atoms with Crippen molar-refractivity contribution in [1.82, 2.24) is 15.1 Å². The minimum atomic E-state index is -0.514. The minimum Gasteiger partial charge on any atom is -0.444 e. The van der Waals surface area contributed by atoms with E-state index in [1.165, 1.54) is 0 Å². The molecule has 2 aliphatic carbocycles. The monoisotopic (exact) mass is 503 g/mol. The van der Waals surface area contributed by atoms with Crippen LogP contribution in [0.15, 0.2) is 22.7 Å². The zero-order valence-corrected chi connectivity index (χ0v) is 20.5. The van der Waals surface area contributed by atoms with Crippen molar-refractivity contribution in [2.24, 2.45) is 0 Å². The number of halogens is 1. The minimum absolute atomic E-state index is 0.00762. The molecule has 3 fully saturated rings. The van der Waals surface area contributed by atoms with Crippen LogP contribution in [0, 0.1) is 0 Å². The van der Waals surface area contributed by atoms with Crippen molar-refractivity contribution in [1.29, 1.82) is 0 Å². The Morgan fingerprint density at radius 3 is 2.53 bits per heavy atom. The van der Waals surface area contributed by atoms with E-state index in [-0.39, 0.29) is 41.4 Å². The number of likely N-dealkylation sites (tertiary alicyclic amines) is 1. The van der Waals surface area contributed by atoms with Crippen LogP contribution in [0.3, 0.4) is 0 Å². The summed E-state index contributed by atoms with van der Waals surface area (Å²) in [6, 6.07) is 5.84. The predicted molar refractivity (Wildman–Crippen MR) is 122 cm³/mol. The summed E-state index contributed by atoms with van der Waals surface area (Å²) in [6.07, 6.45) is 4.26. The van der Waals surface area contributed by atoms with Crippen LogP contribution < -0.4 is 5.32 Å². The molecule has 7 nitrogen and oxygen atoms in total. The Morgan fingerprint density at radius 2 is 1.94 bits per heavy atom. The number of fused-ring (bicyclic) bond motifs is 2. The molecule has 8 heteroatoms. The number of nitrogens with one attached hydrogen (secondary N) is 1. The van der Waals surface area contributed by atoms with Crippen LogP contribution in [0.5, 0.6) is 0 Å². The van der Waals surface area contributed by atoms with E-state index in [0.29, 0.717) is 13.1 Å². The fraction of sp³-hybridized carbons (Fsp3) is 0.625. The van der Waals surface area contributed by atoms with Crippen LogP contribution in [0.1, 0.15) is 68.8 Å². The predicted octanol–water partition coefficient (Wildman–Crippen LogP) is 3.59. The first kappa shape index (κ1) is 21.7. The zero-order chi connectivity index (χ0) is 22.9. The lowest BCUT2D eigenvalue weighted by Gasteiger charge is -2.60. The first-order chi connectivity index (χ1) is 15.0. The molecule has 1 N–H and O–H groups in total. The maximum atomic E-state index is 13.0. The van der Waals surface area contributed by atoms with Crippen molar-refractivity contribution in [3.05, 3.63) is 33.8 Å². The van der Waals surface area contributed by atoms with Crippen LogP contribution in [-0.4, -0.2) is 64.5 Å². The van der Waals surface area contributed by atoms with Gasteiger partial charge < -0.3 is 19.9 Å². The fourth-order valence-electron chi connectivity index (χ4n) is 5.51. The summed E-state index contributed by atoms with van der Waals surface area (Å²) in [5, 5.41) is 3.08. The van der Waals surface area contributed by atoms with E-state index < -0.39 is 5.60 Å². The molecular formula is C24H30BrN3O4. The summed E-state index contributed by atoms with van der Waals surface area (Å²) in [6.45, 7) is 6.98. The number of hydrogen-bond acceptors (Lipinski definition) is 4. The molecule has 1 saturated heterocycles. The molecule has 32 heavy (non-hydrogen) atoms. The molecule has 2 saturated carbocycles. The molecule has 0 radical (unpaired) electrons. The molecule has 172 valence electrons. The van der Waals surface area contributed by atoms with E-state index in [1.807, 2.05) is 32.9 Å². The molecule has 1 aromatic carbocycles. The van der Waals surface area contributed by atoms with Crippen molar-refractivity contribution in [3.63, 3.8) is 0 Å². The molecule has 0 aromatic heterocycles. The molecule has 2 aliphatic heterocycles. The highest BCUT2D eigenvalue weighted by Gasteiger charge is 2.57. The van der Waals surface area contributed by atoms with Crippen molar-refractivity contribution >= 4 is 33.8 Å². The van der Waals surface area contributed by atoms with Crippen molar-refractivity contribution in [2.75, 3.05) is 19.6 Å². The van der Waals surface area contributed by atoms with Gasteiger partial charge >= 0.3 is 6.09 Å². The van der Waals surface area contributed by atoms with Crippen molar-refractivity contribution in [2.45, 2.75) is 75.5 Å². The van der Waals surface area contributed by atoms with E-state index in [1.54, 1.807) is 9.80 Å². The Hall–Kier alpha value is -2.09. The van der Waals surface area contributed by atoms with Gasteiger partial charge in [0.2, 0.25) is 5.91 Å². The highest BCUT2D eigenvalue weighted by Crippen LogP contribution is 2.53. The Kier molecular flexibility index (Phi) is 4.89. The van der Waals surface area contributed by atoms with Gasteiger partial charge in [0.05, 0.1) is 12.1 Å². The maximum Gasteiger partial charge on any atom is 0.410 e. The number of carbonyl (C=O) groups excluding carboxylic acids is 3. The SMILES string of the molecule is CC(C)(C)OC(=O)N1CCC12CC(NC(=O)CN1CC3(CC3)c3cc(Br)ccc3C1=O)C2. The molecule has 0 bridgehead atoms. The third-order valence-electron chi connectivity index (χ3n) is 7.36. The summed E-state index contributed by atoms with van der Waals surface area (Å²) in [4.78, 5) is 41.7. The van der Waals surface area contributed by atoms with Crippen LogP contribution in [0.25, 0.3) is 0 Å². The number of carbonyl (C=O) groups is 3. The molecule has 2 spiro atoms. The zero-order valence-electron chi connectivity index (χ0n) is 18.9. The normalized spacial score (nSPS) is 27.5. The Balaban J connectivity index is 1.16. The number of amides is 3. The summed E-state index contributed by atoms with van der Waals surface area (Å²) in [5.74, 6) is -0.196. The molecule has 0 unspecified atom stereocenters. The van der Waals surface area contributed by atoms with Crippen LogP contribution in [0.2, 0.25) is 0 Å². The average molecular weight is 504 g/mol. The highest BCUT2D eigenvalue weighted by molar-refractivity contribution is 9.10. The third-order valence-corrected chi connectivity index (χ3v) is 7.85. The topological polar surface area (TPSA) is 79.0 Å². The lowest BCUT2D eigenvalue weighted by molar-refractivity contribution is -0.127. The van der Waals surface area contributed by atoms with E-state index in [4.69, 9.17) is 4.74 Å². The first-order valence-electron chi connectivity index (χ1n) is 11.4. The standard InChI is InChI=1S/C24H30BrN3O4/c1-22(2,3)32-21(31)28-9-8-24(28)11-16(12-24)26-19(29)13-27-14-23(6-7-23)18-10-15(25)4-5-17(18)20(27)30/h4-5,10,16H,6-9,11-14H2,1-3H3,(H,26,29). The first-order valence-corrected chi connectivity index (χ1v) is 12.2. The molecule has 3 amide bonds. The Bertz CT molecular complexity index is 991. The second-order valence-electron chi connectivity index (χ2n) is 10.9. The van der Waals surface area contributed by atoms with Gasteiger partial charge in [-0.25, -0.2) is 4.79 Å². The summed E-state index contributed by atoms with van der Waals surface area (Å²) in [5.41, 5.74) is 1.15. The van der Waals surface area contributed by atoms with Gasteiger partial charge in [0.15, 0.2) is 0 Å². The Morgan fingerprint density at radius 1 is 1.22 bits per heavy atom. The van der Waals surface area contributed by atoms with Gasteiger partial charge in [-0.15, -0.1) is 0 Å². The largest absolute Gasteiger partial charge is 0.444 e. The summed E-state index contributed by atoms with van der Waals surface area (Å²) in [7, 11) is 0. The second-order valence-corrected chi connectivity index (χ2v) is 11.8. The van der Waals surface area contributed by atoms with Gasteiger partial charge in [0.1, 0.15) is 5.60 Å². The fourth-order valence-corrected chi connectivity index (χ4v) is 5.87. The van der Waals surface area contributed by atoms with Crippen molar-refractivity contribution in [3.8, 4) is 0 Å². The molecule has 4 aliphatic rings. The highest BCUT2D eigenvalue weighted by atomic mass is 79.9. The van der Waals surface area contributed by atoms with E-state index in [0.717, 1.165) is 47.7 Å². The van der Waals surface area contributed by atoms with E-state index >= 15 is 0 Å². The smallest absolute Gasteiger partial charge is 0.410 e. The second kappa shape index (κ2) is 7.20. The number of benzene rings is 1. The number of hydrogen-bond donors (Lipinski definition) is 1. The lowest BCUT2D eigenvalue weighted by atomic mass is 9.65. The maximum absolute atomic E-state index is 13.0. The average Bonchev–Trinajstić information content (AvgIpc) is 3.40. The number of ether oxygens (including phenoxy) is 1. The van der Waals surface area contributed by atoms with Gasteiger partial charge in [-0.2, -0.15) is 0 Å². The van der Waals surface area contributed by atoms with E-state index in [9.17, 15) is 14.4 Å². The van der Waals surface area contributed by atoms with Crippen LogP contribution in [0.4, 0.5) is 4.79 Å². The third kappa shape index (κ3) is 3.70. The molecule has 2 heterocycles. The quantitative estimate of drug-likeness (QED) is 0.683. The molecule has 0 atom stereocenters. The van der Waals surface area contributed by atoms with Gasteiger partial charge in [-0.05, 0) is 76.6 Å². The van der Waals surface area contributed by atoms with Gasteiger partial charge in [-0.3, -0.25) is 9.59 Å².